The van der Waals surface area contributed by atoms with Crippen molar-refractivity contribution in [3.8, 4) is 0 Å². The molecule has 1 fully saturated rings. The molecule has 156 valence electrons. The van der Waals surface area contributed by atoms with E-state index in [-0.39, 0.29) is 25.5 Å². The van der Waals surface area contributed by atoms with Gasteiger partial charge in [0.15, 0.2) is 0 Å². The van der Waals surface area contributed by atoms with Crippen molar-refractivity contribution < 1.29 is 22.3 Å². The van der Waals surface area contributed by atoms with Gasteiger partial charge in [0, 0.05) is 32.2 Å². The number of benzene rings is 1. The van der Waals surface area contributed by atoms with Crippen molar-refractivity contribution in [3.63, 3.8) is 0 Å². The van der Waals surface area contributed by atoms with Gasteiger partial charge in [0.2, 0.25) is 5.95 Å². The van der Waals surface area contributed by atoms with Crippen LogP contribution in [0.15, 0.2) is 35.1 Å². The molecule has 3 heterocycles. The van der Waals surface area contributed by atoms with E-state index >= 15 is 0 Å². The summed E-state index contributed by atoms with van der Waals surface area (Å²) in [6, 6.07) is 4.96. The highest BCUT2D eigenvalue weighted by Crippen LogP contribution is 2.35. The number of aromatic nitrogens is 2. The van der Waals surface area contributed by atoms with Crippen LogP contribution in [-0.2, 0) is 17.8 Å². The van der Waals surface area contributed by atoms with Gasteiger partial charge in [-0.15, -0.1) is 0 Å². The number of hydrogen-bond acceptors (Lipinski definition) is 5. The quantitative estimate of drug-likeness (QED) is 0.726. The van der Waals surface area contributed by atoms with Crippen molar-refractivity contribution in [2.75, 3.05) is 36.1 Å². The lowest BCUT2D eigenvalue weighted by Gasteiger charge is -2.39. The van der Waals surface area contributed by atoms with Crippen LogP contribution in [0.4, 0.5) is 29.3 Å². The summed E-state index contributed by atoms with van der Waals surface area (Å²) in [7, 11) is 0. The molecular weight excluding hydrogens is 392 g/mol. The van der Waals surface area contributed by atoms with Crippen LogP contribution in [0.1, 0.15) is 12.0 Å². The first-order valence-electron chi connectivity index (χ1n) is 9.35. The molecule has 6 nitrogen and oxygen atoms in total. The van der Waals surface area contributed by atoms with E-state index in [1.807, 2.05) is 4.90 Å². The molecule has 2 aromatic rings. The van der Waals surface area contributed by atoms with Gasteiger partial charge in [0.1, 0.15) is 17.7 Å². The van der Waals surface area contributed by atoms with Gasteiger partial charge in [-0.25, -0.2) is 4.39 Å². The van der Waals surface area contributed by atoms with Crippen molar-refractivity contribution in [1.29, 1.82) is 0 Å². The first kappa shape index (κ1) is 19.7. The second-order valence-electron chi connectivity index (χ2n) is 7.11. The maximum Gasteiger partial charge on any atom is 0.408 e. The summed E-state index contributed by atoms with van der Waals surface area (Å²) in [6.45, 7) is 1.64. The SMILES string of the molecule is O=c1cc(N2CCOCC2)nc2n1CC[C@@H](C(F)(F)F)N2Cc1cccc(F)c1. The molecule has 29 heavy (non-hydrogen) atoms. The molecule has 0 radical (unpaired) electrons. The van der Waals surface area contributed by atoms with Gasteiger partial charge in [-0.05, 0) is 24.1 Å². The maximum absolute atomic E-state index is 13.8. The lowest BCUT2D eigenvalue weighted by Crippen LogP contribution is -2.52. The first-order chi connectivity index (χ1) is 13.8. The van der Waals surface area contributed by atoms with E-state index in [1.165, 1.54) is 28.8 Å². The van der Waals surface area contributed by atoms with Gasteiger partial charge >= 0.3 is 6.18 Å². The minimum atomic E-state index is -4.51. The maximum atomic E-state index is 13.8. The highest BCUT2D eigenvalue weighted by atomic mass is 19.4. The lowest BCUT2D eigenvalue weighted by atomic mass is 10.1. The molecule has 10 heteroatoms. The summed E-state index contributed by atoms with van der Waals surface area (Å²) in [5.41, 5.74) is -0.0277. The van der Waals surface area contributed by atoms with E-state index in [9.17, 15) is 22.4 Å². The number of alkyl halides is 3. The largest absolute Gasteiger partial charge is 0.408 e. The molecule has 0 saturated carbocycles. The Kier molecular flexibility index (Phi) is 5.20. The Balaban J connectivity index is 1.77. The fourth-order valence-electron chi connectivity index (χ4n) is 3.77. The molecular formula is C19H20F4N4O2. The van der Waals surface area contributed by atoms with Crippen LogP contribution in [0.3, 0.4) is 0 Å². The van der Waals surface area contributed by atoms with Crippen molar-refractivity contribution in [3.05, 3.63) is 52.1 Å². The van der Waals surface area contributed by atoms with Crippen LogP contribution in [0.25, 0.3) is 0 Å². The van der Waals surface area contributed by atoms with Crippen LogP contribution in [0, 0.1) is 5.82 Å². The van der Waals surface area contributed by atoms with Gasteiger partial charge in [0.05, 0.1) is 13.2 Å². The fourth-order valence-corrected chi connectivity index (χ4v) is 3.77. The Labute approximate surface area is 164 Å². The second kappa shape index (κ2) is 7.66. The van der Waals surface area contributed by atoms with E-state index in [1.54, 1.807) is 6.07 Å². The Morgan fingerprint density at radius 2 is 1.90 bits per heavy atom. The topological polar surface area (TPSA) is 50.6 Å². The zero-order chi connectivity index (χ0) is 20.6. The Bertz CT molecular complexity index is 941. The van der Waals surface area contributed by atoms with Crippen LogP contribution in [0.5, 0.6) is 0 Å². The van der Waals surface area contributed by atoms with E-state index in [0.29, 0.717) is 37.7 Å². The number of morpholine rings is 1. The Morgan fingerprint density at radius 1 is 1.14 bits per heavy atom. The molecule has 1 atom stereocenters. The van der Waals surface area contributed by atoms with E-state index in [2.05, 4.69) is 4.98 Å². The molecule has 4 rings (SSSR count). The number of ether oxygens (including phenoxy) is 1. The average molecular weight is 412 g/mol. The van der Waals surface area contributed by atoms with Crippen LogP contribution in [-0.4, -0.2) is 48.1 Å². The molecule has 2 aliphatic rings. The van der Waals surface area contributed by atoms with Gasteiger partial charge in [-0.3, -0.25) is 9.36 Å². The summed E-state index contributed by atoms with van der Waals surface area (Å²) in [5, 5.41) is 0. The van der Waals surface area contributed by atoms with Crippen molar-refractivity contribution in [2.24, 2.45) is 0 Å². The first-order valence-corrected chi connectivity index (χ1v) is 9.35. The van der Waals surface area contributed by atoms with Crippen molar-refractivity contribution >= 4 is 11.8 Å². The molecule has 0 unspecified atom stereocenters. The monoisotopic (exact) mass is 412 g/mol. The van der Waals surface area contributed by atoms with Crippen molar-refractivity contribution in [1.82, 2.24) is 9.55 Å². The van der Waals surface area contributed by atoms with E-state index < -0.39 is 23.6 Å². The minimum Gasteiger partial charge on any atom is -0.378 e. The number of rotatable bonds is 3. The molecule has 0 amide bonds. The van der Waals surface area contributed by atoms with Crippen LogP contribution >= 0.6 is 0 Å². The minimum absolute atomic E-state index is 0.0446. The summed E-state index contributed by atoms with van der Waals surface area (Å²) in [6.07, 6.45) is -4.78. The number of nitrogens with zero attached hydrogens (tertiary/aromatic N) is 4. The molecule has 1 aromatic heterocycles. The van der Waals surface area contributed by atoms with Crippen LogP contribution in [0.2, 0.25) is 0 Å². The molecule has 0 aliphatic carbocycles. The number of hydrogen-bond donors (Lipinski definition) is 0. The highest BCUT2D eigenvalue weighted by molar-refractivity contribution is 5.47. The molecule has 0 spiro atoms. The molecule has 0 N–H and O–H groups in total. The Morgan fingerprint density at radius 3 is 2.59 bits per heavy atom. The zero-order valence-electron chi connectivity index (χ0n) is 15.5. The molecule has 0 bridgehead atoms. The summed E-state index contributed by atoms with van der Waals surface area (Å²) < 4.78 is 61.4. The molecule has 2 aliphatic heterocycles. The van der Waals surface area contributed by atoms with Crippen molar-refractivity contribution in [2.45, 2.75) is 31.7 Å². The standard InChI is InChI=1S/C19H20F4N4O2/c20-14-3-1-2-13(10-14)12-27-15(19(21,22)23)4-5-26-17(28)11-16(24-18(26)27)25-6-8-29-9-7-25/h1-3,10-11,15H,4-9,12H2/t15-/m0/s1. The van der Waals surface area contributed by atoms with Gasteiger partial charge < -0.3 is 14.5 Å². The number of fused-ring (bicyclic) bond motifs is 1. The Hall–Kier alpha value is -2.62. The fraction of sp³-hybridized carbons (Fsp3) is 0.474. The summed E-state index contributed by atoms with van der Waals surface area (Å²) in [5.74, 6) is -0.246. The third-order valence-corrected chi connectivity index (χ3v) is 5.19. The smallest absolute Gasteiger partial charge is 0.378 e. The predicted octanol–water partition coefficient (Wildman–Crippen LogP) is 2.56. The second-order valence-corrected chi connectivity index (χ2v) is 7.11. The predicted molar refractivity (Wildman–Crippen MR) is 98.6 cm³/mol. The lowest BCUT2D eigenvalue weighted by molar-refractivity contribution is -0.153. The summed E-state index contributed by atoms with van der Waals surface area (Å²) in [4.78, 5) is 19.9. The molecule has 1 aromatic carbocycles. The normalized spacial score (nSPS) is 19.9. The van der Waals surface area contributed by atoms with E-state index in [4.69, 9.17) is 4.74 Å². The molecule has 1 saturated heterocycles. The van der Waals surface area contributed by atoms with Crippen LogP contribution < -0.4 is 15.4 Å². The zero-order valence-corrected chi connectivity index (χ0v) is 15.5. The third-order valence-electron chi connectivity index (χ3n) is 5.19. The van der Waals surface area contributed by atoms with Gasteiger partial charge in [-0.2, -0.15) is 18.2 Å². The van der Waals surface area contributed by atoms with Gasteiger partial charge in [0.25, 0.3) is 5.56 Å². The summed E-state index contributed by atoms with van der Waals surface area (Å²) >= 11 is 0. The third kappa shape index (κ3) is 4.07. The van der Waals surface area contributed by atoms with Gasteiger partial charge in [-0.1, -0.05) is 12.1 Å². The van der Waals surface area contributed by atoms with E-state index in [0.717, 1.165) is 4.90 Å². The number of anilines is 2. The average Bonchev–Trinajstić information content (AvgIpc) is 2.68. The number of halogens is 4. The highest BCUT2D eigenvalue weighted by Gasteiger charge is 2.47.